The standard InChI is InChI=1S/C19H22ClF3O4S/c1-4-5-9-18(27-12(2)17(24)25-3)10-8-16(28-18)26-15-7-6-13(11-14(15)20)19(21,22)23/h6-8,11-12H,4-5,9-10H2,1-3H3. The average molecular weight is 439 g/mol. The zero-order chi connectivity index (χ0) is 20.9. The van der Waals surface area contributed by atoms with Gasteiger partial charge in [-0.05, 0) is 44.0 Å². The van der Waals surface area contributed by atoms with Gasteiger partial charge in [0.15, 0.2) is 11.2 Å². The van der Waals surface area contributed by atoms with Gasteiger partial charge in [0.2, 0.25) is 0 Å². The van der Waals surface area contributed by atoms with Crippen molar-refractivity contribution in [3.63, 3.8) is 0 Å². The highest BCUT2D eigenvalue weighted by molar-refractivity contribution is 8.04. The van der Waals surface area contributed by atoms with Crippen LogP contribution in [0.3, 0.4) is 0 Å². The Kier molecular flexibility index (Phi) is 7.70. The molecule has 0 spiro atoms. The summed E-state index contributed by atoms with van der Waals surface area (Å²) in [6.45, 7) is 3.66. The minimum Gasteiger partial charge on any atom is -0.467 e. The summed E-state index contributed by atoms with van der Waals surface area (Å²) < 4.78 is 54.7. The molecule has 0 saturated carbocycles. The third kappa shape index (κ3) is 5.81. The van der Waals surface area contributed by atoms with Crippen molar-refractivity contribution in [2.75, 3.05) is 7.11 Å². The molecule has 2 unspecified atom stereocenters. The number of hydrogen-bond donors (Lipinski definition) is 0. The van der Waals surface area contributed by atoms with Crippen LogP contribution in [0.1, 0.15) is 45.1 Å². The van der Waals surface area contributed by atoms with E-state index >= 15 is 0 Å². The second kappa shape index (κ2) is 9.41. The average Bonchev–Trinajstić information content (AvgIpc) is 3.02. The number of carbonyl (C=O) groups is 1. The predicted octanol–water partition coefficient (Wildman–Crippen LogP) is 6.18. The van der Waals surface area contributed by atoms with Gasteiger partial charge in [0, 0.05) is 6.42 Å². The molecule has 0 aliphatic carbocycles. The fourth-order valence-electron chi connectivity index (χ4n) is 2.70. The van der Waals surface area contributed by atoms with E-state index in [-0.39, 0.29) is 10.8 Å². The predicted molar refractivity (Wildman–Crippen MR) is 102 cm³/mol. The third-order valence-electron chi connectivity index (χ3n) is 4.17. The van der Waals surface area contributed by atoms with Crippen LogP contribution >= 0.6 is 23.4 Å². The summed E-state index contributed by atoms with van der Waals surface area (Å²) in [6, 6.07) is 2.94. The highest BCUT2D eigenvalue weighted by Crippen LogP contribution is 2.48. The summed E-state index contributed by atoms with van der Waals surface area (Å²) in [5, 5.41) is 0.334. The smallest absolute Gasteiger partial charge is 0.416 e. The van der Waals surface area contributed by atoms with E-state index in [2.05, 4.69) is 0 Å². The number of hydrogen-bond acceptors (Lipinski definition) is 5. The van der Waals surface area contributed by atoms with E-state index in [1.54, 1.807) is 13.0 Å². The van der Waals surface area contributed by atoms with Crippen LogP contribution in [-0.4, -0.2) is 24.1 Å². The van der Waals surface area contributed by atoms with Gasteiger partial charge in [-0.15, -0.1) is 0 Å². The Morgan fingerprint density at radius 3 is 2.68 bits per heavy atom. The quantitative estimate of drug-likeness (QED) is 0.453. The molecule has 1 aromatic rings. The van der Waals surface area contributed by atoms with Crippen LogP contribution < -0.4 is 4.74 Å². The zero-order valence-corrected chi connectivity index (χ0v) is 17.3. The number of unbranched alkanes of at least 4 members (excludes halogenated alkanes) is 1. The normalized spacial score (nSPS) is 20.6. The zero-order valence-electron chi connectivity index (χ0n) is 15.8. The number of benzene rings is 1. The molecule has 2 atom stereocenters. The van der Waals surface area contributed by atoms with E-state index in [1.807, 2.05) is 6.92 Å². The molecule has 0 saturated heterocycles. The first-order valence-corrected chi connectivity index (χ1v) is 9.99. The Bertz CT molecular complexity index is 738. The number of halogens is 4. The molecule has 0 bridgehead atoms. The summed E-state index contributed by atoms with van der Waals surface area (Å²) >= 11 is 7.25. The monoisotopic (exact) mass is 438 g/mol. The van der Waals surface area contributed by atoms with Gasteiger partial charge in [0.1, 0.15) is 10.7 Å². The van der Waals surface area contributed by atoms with Crippen molar-refractivity contribution in [1.29, 1.82) is 0 Å². The van der Waals surface area contributed by atoms with Crippen LogP contribution in [0.15, 0.2) is 29.4 Å². The summed E-state index contributed by atoms with van der Waals surface area (Å²) in [4.78, 5) is 11.0. The molecule has 0 N–H and O–H groups in total. The van der Waals surface area contributed by atoms with Gasteiger partial charge in [0.25, 0.3) is 0 Å². The van der Waals surface area contributed by atoms with Crippen LogP contribution in [-0.2, 0) is 20.4 Å². The van der Waals surface area contributed by atoms with Crippen molar-refractivity contribution in [1.82, 2.24) is 0 Å². The second-order valence-corrected chi connectivity index (χ2v) is 8.13. The van der Waals surface area contributed by atoms with Crippen molar-refractivity contribution < 1.29 is 32.2 Å². The van der Waals surface area contributed by atoms with Gasteiger partial charge in [-0.1, -0.05) is 36.7 Å². The molecule has 1 aromatic carbocycles. The van der Waals surface area contributed by atoms with E-state index < -0.39 is 28.7 Å². The number of esters is 1. The second-order valence-electron chi connectivity index (χ2n) is 6.37. The first-order chi connectivity index (χ1) is 13.1. The molecule has 0 radical (unpaired) electrons. The molecule has 0 fully saturated rings. The van der Waals surface area contributed by atoms with Crippen molar-refractivity contribution in [2.45, 2.75) is 56.7 Å². The minimum absolute atomic E-state index is 0.126. The van der Waals surface area contributed by atoms with Gasteiger partial charge in [0.05, 0.1) is 17.7 Å². The Labute approximate surface area is 171 Å². The SMILES string of the molecule is CCCCC1(OC(C)C(=O)OC)CC=C(Oc2ccc(C(F)(F)F)cc2Cl)S1. The first kappa shape index (κ1) is 22.9. The number of carbonyl (C=O) groups excluding carboxylic acids is 1. The molecule has 1 aliphatic rings. The number of rotatable bonds is 8. The summed E-state index contributed by atoms with van der Waals surface area (Å²) in [5.74, 6) is -0.350. The topological polar surface area (TPSA) is 44.8 Å². The van der Waals surface area contributed by atoms with Crippen molar-refractivity contribution in [2.24, 2.45) is 0 Å². The van der Waals surface area contributed by atoms with Gasteiger partial charge in [-0.2, -0.15) is 13.2 Å². The Balaban J connectivity index is 2.11. The third-order valence-corrected chi connectivity index (χ3v) is 5.76. The number of alkyl halides is 3. The van der Waals surface area contributed by atoms with Crippen LogP contribution in [0.2, 0.25) is 5.02 Å². The van der Waals surface area contributed by atoms with Crippen molar-refractivity contribution in [3.8, 4) is 5.75 Å². The lowest BCUT2D eigenvalue weighted by Crippen LogP contribution is -2.35. The maximum absolute atomic E-state index is 12.8. The lowest BCUT2D eigenvalue weighted by molar-refractivity contribution is -0.158. The lowest BCUT2D eigenvalue weighted by Gasteiger charge is -2.31. The summed E-state index contributed by atoms with van der Waals surface area (Å²) in [6.07, 6.45) is -0.444. The largest absolute Gasteiger partial charge is 0.467 e. The fourth-order valence-corrected chi connectivity index (χ4v) is 4.19. The van der Waals surface area contributed by atoms with Crippen molar-refractivity contribution in [3.05, 3.63) is 40.0 Å². The molecular formula is C19H22ClF3O4S. The molecule has 1 aliphatic heterocycles. The maximum atomic E-state index is 12.8. The van der Waals surface area contributed by atoms with Gasteiger partial charge >= 0.3 is 12.1 Å². The number of methoxy groups -OCH3 is 1. The fraction of sp³-hybridized carbons (Fsp3) is 0.526. The van der Waals surface area contributed by atoms with Crippen LogP contribution in [0.25, 0.3) is 0 Å². The van der Waals surface area contributed by atoms with E-state index in [0.717, 1.165) is 25.0 Å². The number of ether oxygens (including phenoxy) is 3. The molecule has 0 amide bonds. The van der Waals surface area contributed by atoms with E-state index in [1.165, 1.54) is 24.9 Å². The molecule has 4 nitrogen and oxygen atoms in total. The molecule has 28 heavy (non-hydrogen) atoms. The molecular weight excluding hydrogens is 417 g/mol. The Morgan fingerprint density at radius 1 is 1.39 bits per heavy atom. The van der Waals surface area contributed by atoms with Crippen LogP contribution in [0, 0.1) is 0 Å². The highest BCUT2D eigenvalue weighted by atomic mass is 35.5. The molecule has 156 valence electrons. The van der Waals surface area contributed by atoms with E-state index in [0.29, 0.717) is 17.9 Å². The molecule has 0 aromatic heterocycles. The van der Waals surface area contributed by atoms with Crippen LogP contribution in [0.5, 0.6) is 5.75 Å². The van der Waals surface area contributed by atoms with Gasteiger partial charge in [-0.3, -0.25) is 0 Å². The summed E-state index contributed by atoms with van der Waals surface area (Å²) in [5.41, 5.74) is -0.842. The molecule has 2 rings (SSSR count). The van der Waals surface area contributed by atoms with Gasteiger partial charge < -0.3 is 14.2 Å². The maximum Gasteiger partial charge on any atom is 0.416 e. The lowest BCUT2D eigenvalue weighted by atomic mass is 10.1. The Hall–Kier alpha value is -1.38. The van der Waals surface area contributed by atoms with Gasteiger partial charge in [-0.25, -0.2) is 4.79 Å². The highest BCUT2D eigenvalue weighted by Gasteiger charge is 2.40. The number of thioether (sulfide) groups is 1. The molecule has 9 heteroatoms. The van der Waals surface area contributed by atoms with E-state index in [9.17, 15) is 18.0 Å². The minimum atomic E-state index is -4.48. The first-order valence-electron chi connectivity index (χ1n) is 8.79. The molecule has 1 heterocycles. The van der Waals surface area contributed by atoms with Crippen LogP contribution in [0.4, 0.5) is 13.2 Å². The van der Waals surface area contributed by atoms with Crippen molar-refractivity contribution >= 4 is 29.3 Å². The Morgan fingerprint density at radius 2 is 2.11 bits per heavy atom. The van der Waals surface area contributed by atoms with E-state index in [4.69, 9.17) is 25.8 Å². The summed E-state index contributed by atoms with van der Waals surface area (Å²) in [7, 11) is 1.29.